The number of aliphatic hydroxyl groups is 1. The van der Waals surface area contributed by atoms with Gasteiger partial charge in [-0.25, -0.2) is 4.79 Å². The van der Waals surface area contributed by atoms with Gasteiger partial charge in [-0.05, 0) is 25.2 Å². The maximum atomic E-state index is 13.2. The van der Waals surface area contributed by atoms with E-state index >= 15 is 0 Å². The van der Waals surface area contributed by atoms with E-state index in [1.54, 1.807) is 13.8 Å². The molecule has 19 heteroatoms. The summed E-state index contributed by atoms with van der Waals surface area (Å²) >= 11 is 0. The van der Waals surface area contributed by atoms with E-state index in [9.17, 15) is 38.7 Å². The number of nitrogens with one attached hydrogen (secondary N) is 4. The first-order chi connectivity index (χ1) is 19.5. The predicted molar refractivity (Wildman–Crippen MR) is 144 cm³/mol. The lowest BCUT2D eigenvalue weighted by molar-refractivity contribution is -0.144. The molecular weight excluding hydrogens is 564 g/mol. The van der Waals surface area contributed by atoms with E-state index in [1.165, 1.54) is 0 Å². The van der Waals surface area contributed by atoms with Crippen LogP contribution >= 0.6 is 0 Å². The first-order valence-electron chi connectivity index (χ1n) is 12.8. The number of carbonyl (C=O) groups is 7. The van der Waals surface area contributed by atoms with Gasteiger partial charge in [0.1, 0.15) is 24.2 Å². The fourth-order valence-corrected chi connectivity index (χ4v) is 3.42. The molecule has 19 nitrogen and oxygen atoms in total. The van der Waals surface area contributed by atoms with Crippen molar-refractivity contribution in [3.05, 3.63) is 0 Å². The van der Waals surface area contributed by atoms with E-state index < -0.39 is 91.2 Å². The van der Waals surface area contributed by atoms with Crippen molar-refractivity contribution in [2.75, 3.05) is 13.2 Å². The van der Waals surface area contributed by atoms with Crippen LogP contribution in [-0.2, 0) is 33.6 Å². The Morgan fingerprint density at radius 3 is 1.67 bits per heavy atom. The highest BCUT2D eigenvalue weighted by molar-refractivity contribution is 5.96. The number of rotatable bonds is 20. The molecule has 5 atom stereocenters. The van der Waals surface area contributed by atoms with E-state index in [0.29, 0.717) is 0 Å². The topological polar surface area (TPSA) is 339 Å². The Bertz CT molecular complexity index is 1020. The molecule has 0 radical (unpaired) electrons. The lowest BCUT2D eigenvalue weighted by Gasteiger charge is -2.26. The molecule has 0 aliphatic heterocycles. The lowest BCUT2D eigenvalue weighted by Crippen LogP contribution is -2.59. The number of carboxylic acid groups (broad SMARTS) is 3. The Morgan fingerprint density at radius 2 is 1.19 bits per heavy atom. The van der Waals surface area contributed by atoms with Crippen LogP contribution in [0.5, 0.6) is 0 Å². The molecule has 0 heterocycles. The summed E-state index contributed by atoms with van der Waals surface area (Å²) in [7, 11) is 0. The van der Waals surface area contributed by atoms with Crippen molar-refractivity contribution in [2.45, 2.75) is 76.2 Å². The van der Waals surface area contributed by atoms with Gasteiger partial charge in [-0.2, -0.15) is 0 Å². The van der Waals surface area contributed by atoms with Gasteiger partial charge in [-0.3, -0.25) is 33.8 Å². The normalized spacial score (nSPS) is 14.3. The number of aliphatic carboxylic acids is 3. The van der Waals surface area contributed by atoms with Gasteiger partial charge in [0.25, 0.3) is 0 Å². The van der Waals surface area contributed by atoms with Crippen molar-refractivity contribution in [3.8, 4) is 0 Å². The monoisotopic (exact) mass is 604 g/mol. The van der Waals surface area contributed by atoms with Crippen molar-refractivity contribution in [1.29, 1.82) is 0 Å². The SMILES string of the molecule is CC(C)C[C@H](NC(=O)[C@H](CCCN=C(N)N)NC(=O)[C@H](N)CC(=O)O)C(=O)N[C@@H](CC(=O)O)C(=O)N[C@H](CO)C(=O)O. The second-order valence-electron chi connectivity index (χ2n) is 9.65. The molecule has 238 valence electrons. The number of aliphatic hydroxyl groups excluding tert-OH is 1. The molecule has 0 saturated carbocycles. The average Bonchev–Trinajstić information content (AvgIpc) is 2.86. The van der Waals surface area contributed by atoms with Gasteiger partial charge in [0.15, 0.2) is 5.96 Å². The first-order valence-corrected chi connectivity index (χ1v) is 12.8. The zero-order chi connectivity index (χ0) is 32.6. The molecule has 0 aliphatic rings. The summed E-state index contributed by atoms with van der Waals surface area (Å²) in [5.41, 5.74) is 16.1. The number of hydrogen-bond donors (Lipinski definition) is 11. The number of amides is 4. The summed E-state index contributed by atoms with van der Waals surface area (Å²) < 4.78 is 0. The molecule has 0 bridgehead atoms. The summed E-state index contributed by atoms with van der Waals surface area (Å²) in [4.78, 5) is 88.4. The number of nitrogens with two attached hydrogens (primary N) is 3. The van der Waals surface area contributed by atoms with Gasteiger partial charge >= 0.3 is 17.9 Å². The smallest absolute Gasteiger partial charge is 0.328 e. The highest BCUT2D eigenvalue weighted by Crippen LogP contribution is 2.09. The average molecular weight is 605 g/mol. The number of aliphatic imine (C=N–C) groups is 1. The van der Waals surface area contributed by atoms with Crippen LogP contribution in [0.1, 0.15) is 46.0 Å². The first kappa shape index (κ1) is 37.5. The molecule has 0 aromatic rings. The summed E-state index contributed by atoms with van der Waals surface area (Å²) in [6.45, 7) is 2.46. The molecule has 0 aromatic carbocycles. The van der Waals surface area contributed by atoms with Crippen LogP contribution in [0.3, 0.4) is 0 Å². The van der Waals surface area contributed by atoms with Gasteiger partial charge in [0, 0.05) is 6.54 Å². The quantitative estimate of drug-likeness (QED) is 0.0354. The highest BCUT2D eigenvalue weighted by Gasteiger charge is 2.33. The number of nitrogens with zero attached hydrogens (tertiary/aromatic N) is 1. The fourth-order valence-electron chi connectivity index (χ4n) is 3.42. The zero-order valence-corrected chi connectivity index (χ0v) is 23.2. The summed E-state index contributed by atoms with van der Waals surface area (Å²) in [6.07, 6.45) is -1.59. The van der Waals surface area contributed by atoms with Gasteiger partial charge in [0.05, 0.1) is 25.5 Å². The number of guanidine groups is 1. The minimum Gasteiger partial charge on any atom is -0.481 e. The third-order valence-electron chi connectivity index (χ3n) is 5.46. The molecule has 0 aromatic heterocycles. The second-order valence-corrected chi connectivity index (χ2v) is 9.65. The summed E-state index contributed by atoms with van der Waals surface area (Å²) in [6, 6.07) is -7.73. The zero-order valence-electron chi connectivity index (χ0n) is 23.2. The molecule has 0 rings (SSSR count). The summed E-state index contributed by atoms with van der Waals surface area (Å²) in [5.74, 6) is -8.97. The standard InChI is InChI=1S/C23H40N8O11/c1-10(2)6-13(20(39)30-14(8-17(35)36)21(40)31-15(9-32)22(41)42)29-19(38)12(4-3-5-27-23(25)26)28-18(37)11(24)7-16(33)34/h10-15,32H,3-9,24H2,1-2H3,(H,28,37)(H,29,38)(H,30,39)(H,31,40)(H,33,34)(H,35,36)(H,41,42)(H4,25,26,27)/t11-,12+,13+,14+,15-/m1/s1. The Hall–Kier alpha value is -4.52. The Morgan fingerprint density at radius 1 is 0.714 bits per heavy atom. The van der Waals surface area contributed by atoms with E-state index in [-0.39, 0.29) is 37.7 Å². The molecule has 14 N–H and O–H groups in total. The van der Waals surface area contributed by atoms with Crippen LogP contribution in [0, 0.1) is 5.92 Å². The number of carboxylic acids is 3. The molecular formula is C23H40N8O11. The molecule has 42 heavy (non-hydrogen) atoms. The van der Waals surface area contributed by atoms with Gasteiger partial charge < -0.3 is 58.9 Å². The van der Waals surface area contributed by atoms with Crippen LogP contribution in [0.4, 0.5) is 0 Å². The fraction of sp³-hybridized carbons (Fsp3) is 0.652. The van der Waals surface area contributed by atoms with Gasteiger partial charge in [0.2, 0.25) is 23.6 Å². The van der Waals surface area contributed by atoms with Gasteiger partial charge in [-0.15, -0.1) is 0 Å². The minimum absolute atomic E-state index is 0.0133. The second kappa shape index (κ2) is 18.8. The van der Waals surface area contributed by atoms with E-state index in [2.05, 4.69) is 20.9 Å². The Labute approximate surface area is 240 Å². The largest absolute Gasteiger partial charge is 0.481 e. The Balaban J connectivity index is 5.92. The van der Waals surface area contributed by atoms with Crippen LogP contribution in [0.2, 0.25) is 0 Å². The molecule has 0 fully saturated rings. The highest BCUT2D eigenvalue weighted by atomic mass is 16.4. The number of carbonyl (C=O) groups excluding carboxylic acids is 4. The molecule has 4 amide bonds. The van der Waals surface area contributed by atoms with Crippen molar-refractivity contribution in [2.24, 2.45) is 28.1 Å². The van der Waals surface area contributed by atoms with Crippen molar-refractivity contribution in [1.82, 2.24) is 21.3 Å². The molecule has 0 spiro atoms. The van der Waals surface area contributed by atoms with E-state index in [4.69, 9.17) is 32.5 Å². The van der Waals surface area contributed by atoms with Crippen molar-refractivity contribution < 1.29 is 54.0 Å². The predicted octanol–water partition coefficient (Wildman–Crippen LogP) is -4.62. The Kier molecular flexibility index (Phi) is 16.7. The van der Waals surface area contributed by atoms with Crippen LogP contribution < -0.4 is 38.5 Å². The van der Waals surface area contributed by atoms with Crippen molar-refractivity contribution in [3.63, 3.8) is 0 Å². The van der Waals surface area contributed by atoms with E-state index in [1.807, 2.05) is 5.32 Å². The van der Waals surface area contributed by atoms with Crippen LogP contribution in [0.25, 0.3) is 0 Å². The third kappa shape index (κ3) is 15.3. The maximum Gasteiger partial charge on any atom is 0.328 e. The van der Waals surface area contributed by atoms with Crippen molar-refractivity contribution >= 4 is 47.5 Å². The molecule has 0 saturated heterocycles. The van der Waals surface area contributed by atoms with Gasteiger partial charge in [-0.1, -0.05) is 13.8 Å². The number of hydrogen-bond acceptors (Lipinski definition) is 10. The summed E-state index contributed by atoms with van der Waals surface area (Å²) in [5, 5.41) is 45.1. The van der Waals surface area contributed by atoms with Crippen LogP contribution in [0.15, 0.2) is 4.99 Å². The van der Waals surface area contributed by atoms with E-state index in [0.717, 1.165) is 0 Å². The third-order valence-corrected chi connectivity index (χ3v) is 5.46. The minimum atomic E-state index is -1.78. The maximum absolute atomic E-state index is 13.2. The van der Waals surface area contributed by atoms with Crippen LogP contribution in [-0.4, -0.2) is 111 Å². The molecule has 0 unspecified atom stereocenters. The lowest BCUT2D eigenvalue weighted by atomic mass is 10.0. The molecule has 0 aliphatic carbocycles.